The number of amides is 1. The molecule has 92 valence electrons. The van der Waals surface area contributed by atoms with Crippen LogP contribution in [0.4, 0.5) is 5.69 Å². The maximum atomic E-state index is 11.4. The first-order valence-electron chi connectivity index (χ1n) is 6.02. The van der Waals surface area contributed by atoms with Crippen LogP contribution in [0.15, 0.2) is 24.3 Å². The minimum Gasteiger partial charge on any atom is -0.368 e. The Hall–Kier alpha value is -1.55. The van der Waals surface area contributed by atoms with Gasteiger partial charge in [-0.25, -0.2) is 0 Å². The summed E-state index contributed by atoms with van der Waals surface area (Å²) in [5.41, 5.74) is 7.79. The molecule has 3 N–H and O–H groups in total. The Morgan fingerprint density at radius 3 is 3.00 bits per heavy atom. The zero-order chi connectivity index (χ0) is 12.3. The zero-order valence-electron chi connectivity index (χ0n) is 10.1. The number of hydrogen-bond acceptors (Lipinski definition) is 3. The summed E-state index contributed by atoms with van der Waals surface area (Å²) in [5.74, 6) is -0.221. The van der Waals surface area contributed by atoms with E-state index in [0.717, 1.165) is 31.6 Å². The van der Waals surface area contributed by atoms with Crippen LogP contribution in [0.1, 0.15) is 18.4 Å². The van der Waals surface area contributed by atoms with Crippen LogP contribution >= 0.6 is 0 Å². The normalized spacial score (nSPS) is 19.6. The molecule has 4 nitrogen and oxygen atoms in total. The molecule has 1 unspecified atom stereocenters. The number of primary amides is 1. The Kier molecular flexibility index (Phi) is 3.64. The molecule has 0 aliphatic carbocycles. The van der Waals surface area contributed by atoms with Gasteiger partial charge in [0.25, 0.3) is 0 Å². The van der Waals surface area contributed by atoms with E-state index in [9.17, 15) is 4.79 Å². The highest BCUT2D eigenvalue weighted by Crippen LogP contribution is 2.28. The van der Waals surface area contributed by atoms with Crippen molar-refractivity contribution in [2.75, 3.05) is 18.5 Å². The molecule has 1 amide bonds. The first-order chi connectivity index (χ1) is 8.24. The van der Waals surface area contributed by atoms with Crippen molar-refractivity contribution in [3.8, 4) is 0 Å². The Balaban J connectivity index is 2.29. The van der Waals surface area contributed by atoms with Gasteiger partial charge in [0.1, 0.15) is 6.04 Å². The molecule has 0 spiro atoms. The number of para-hydroxylation sites is 1. The van der Waals surface area contributed by atoms with Gasteiger partial charge in [0.15, 0.2) is 0 Å². The number of benzene rings is 1. The van der Waals surface area contributed by atoms with E-state index in [2.05, 4.69) is 22.3 Å². The monoisotopic (exact) mass is 233 g/mol. The molecule has 4 heteroatoms. The molecule has 1 aromatic rings. The minimum atomic E-state index is -0.221. The van der Waals surface area contributed by atoms with Crippen molar-refractivity contribution in [3.05, 3.63) is 29.8 Å². The van der Waals surface area contributed by atoms with Gasteiger partial charge in [0.05, 0.1) is 0 Å². The lowest BCUT2D eigenvalue weighted by molar-refractivity contribution is -0.119. The summed E-state index contributed by atoms with van der Waals surface area (Å²) in [5, 5.41) is 3.15. The molecule has 0 aromatic heterocycles. The molecule has 1 atom stereocenters. The molecular formula is C13H19N3O. The minimum absolute atomic E-state index is 0.145. The third-order valence-corrected chi connectivity index (χ3v) is 3.25. The standard InChI is InChI=1S/C13H19N3O/c1-15-9-10-5-2-3-6-11(10)16-8-4-7-12(16)13(14)17/h2-3,5-6,12,15H,4,7-9H2,1H3,(H2,14,17). The second kappa shape index (κ2) is 5.19. The summed E-state index contributed by atoms with van der Waals surface area (Å²) in [7, 11) is 1.92. The highest BCUT2D eigenvalue weighted by molar-refractivity contribution is 5.84. The molecule has 0 radical (unpaired) electrons. The Bertz CT molecular complexity index is 405. The molecule has 2 rings (SSSR count). The molecule has 1 aliphatic heterocycles. The van der Waals surface area contributed by atoms with Crippen molar-refractivity contribution in [1.29, 1.82) is 0 Å². The smallest absolute Gasteiger partial charge is 0.240 e. The lowest BCUT2D eigenvalue weighted by Gasteiger charge is -2.26. The fraction of sp³-hybridized carbons (Fsp3) is 0.462. The number of rotatable bonds is 4. The number of nitrogens with two attached hydrogens (primary N) is 1. The number of nitrogens with one attached hydrogen (secondary N) is 1. The van der Waals surface area contributed by atoms with Gasteiger partial charge in [-0.1, -0.05) is 18.2 Å². The van der Waals surface area contributed by atoms with Gasteiger partial charge in [-0.2, -0.15) is 0 Å². The van der Waals surface area contributed by atoms with Crippen molar-refractivity contribution < 1.29 is 4.79 Å². The third-order valence-electron chi connectivity index (χ3n) is 3.25. The summed E-state index contributed by atoms with van der Waals surface area (Å²) in [6.07, 6.45) is 1.89. The van der Waals surface area contributed by atoms with E-state index in [-0.39, 0.29) is 11.9 Å². The topological polar surface area (TPSA) is 58.4 Å². The van der Waals surface area contributed by atoms with Crippen LogP contribution in [0.2, 0.25) is 0 Å². The second-order valence-corrected chi connectivity index (χ2v) is 4.41. The summed E-state index contributed by atoms with van der Waals surface area (Å²) >= 11 is 0. The fourth-order valence-electron chi connectivity index (χ4n) is 2.48. The lowest BCUT2D eigenvalue weighted by atomic mass is 10.1. The highest BCUT2D eigenvalue weighted by atomic mass is 16.1. The Morgan fingerprint density at radius 2 is 2.29 bits per heavy atom. The van der Waals surface area contributed by atoms with E-state index < -0.39 is 0 Å². The van der Waals surface area contributed by atoms with Gasteiger partial charge in [0.2, 0.25) is 5.91 Å². The molecule has 1 saturated heterocycles. The number of hydrogen-bond donors (Lipinski definition) is 2. The quantitative estimate of drug-likeness (QED) is 0.811. The van der Waals surface area contributed by atoms with E-state index >= 15 is 0 Å². The van der Waals surface area contributed by atoms with E-state index in [0.29, 0.717) is 0 Å². The zero-order valence-corrected chi connectivity index (χ0v) is 10.1. The summed E-state index contributed by atoms with van der Waals surface area (Å²) < 4.78 is 0. The van der Waals surface area contributed by atoms with E-state index in [1.54, 1.807) is 0 Å². The number of carbonyl (C=O) groups excluding carboxylic acids is 1. The van der Waals surface area contributed by atoms with Gasteiger partial charge in [-0.15, -0.1) is 0 Å². The van der Waals surface area contributed by atoms with E-state index in [1.807, 2.05) is 19.2 Å². The lowest BCUT2D eigenvalue weighted by Crippen LogP contribution is -2.40. The average Bonchev–Trinajstić information content (AvgIpc) is 2.79. The average molecular weight is 233 g/mol. The SMILES string of the molecule is CNCc1ccccc1N1CCCC1C(N)=O. The summed E-state index contributed by atoms with van der Waals surface area (Å²) in [4.78, 5) is 13.6. The highest BCUT2D eigenvalue weighted by Gasteiger charge is 2.29. The van der Waals surface area contributed by atoms with Crippen molar-refractivity contribution in [1.82, 2.24) is 5.32 Å². The summed E-state index contributed by atoms with van der Waals surface area (Å²) in [6, 6.07) is 8.03. The predicted octanol–water partition coefficient (Wildman–Crippen LogP) is 0.860. The van der Waals surface area contributed by atoms with Gasteiger partial charge in [0, 0.05) is 18.8 Å². The van der Waals surface area contributed by atoms with E-state index in [1.165, 1.54) is 5.56 Å². The number of nitrogens with zero attached hydrogens (tertiary/aromatic N) is 1. The second-order valence-electron chi connectivity index (χ2n) is 4.41. The molecule has 1 aromatic carbocycles. The molecule has 17 heavy (non-hydrogen) atoms. The van der Waals surface area contributed by atoms with Crippen molar-refractivity contribution in [2.45, 2.75) is 25.4 Å². The van der Waals surface area contributed by atoms with Crippen molar-refractivity contribution >= 4 is 11.6 Å². The first-order valence-corrected chi connectivity index (χ1v) is 6.02. The fourth-order valence-corrected chi connectivity index (χ4v) is 2.48. The molecule has 1 fully saturated rings. The molecule has 0 saturated carbocycles. The van der Waals surface area contributed by atoms with Crippen LogP contribution in [0.5, 0.6) is 0 Å². The molecular weight excluding hydrogens is 214 g/mol. The largest absolute Gasteiger partial charge is 0.368 e. The van der Waals surface area contributed by atoms with Crippen molar-refractivity contribution in [3.63, 3.8) is 0 Å². The van der Waals surface area contributed by atoms with Crippen LogP contribution in [-0.2, 0) is 11.3 Å². The van der Waals surface area contributed by atoms with Crippen LogP contribution < -0.4 is 16.0 Å². The van der Waals surface area contributed by atoms with Crippen LogP contribution in [0, 0.1) is 0 Å². The number of anilines is 1. The van der Waals surface area contributed by atoms with Gasteiger partial charge in [-0.3, -0.25) is 4.79 Å². The van der Waals surface area contributed by atoms with Gasteiger partial charge < -0.3 is 16.0 Å². The number of carbonyl (C=O) groups is 1. The maximum absolute atomic E-state index is 11.4. The van der Waals surface area contributed by atoms with E-state index in [4.69, 9.17) is 5.73 Å². The van der Waals surface area contributed by atoms with Crippen molar-refractivity contribution in [2.24, 2.45) is 5.73 Å². The van der Waals surface area contributed by atoms with Crippen LogP contribution in [-0.4, -0.2) is 25.5 Å². The Morgan fingerprint density at radius 1 is 1.53 bits per heavy atom. The molecule has 0 bridgehead atoms. The Labute approximate surface area is 102 Å². The summed E-state index contributed by atoms with van der Waals surface area (Å²) in [6.45, 7) is 1.71. The van der Waals surface area contributed by atoms with Crippen LogP contribution in [0.25, 0.3) is 0 Å². The molecule has 1 heterocycles. The molecule has 1 aliphatic rings. The van der Waals surface area contributed by atoms with Gasteiger partial charge >= 0.3 is 0 Å². The third kappa shape index (κ3) is 2.42. The maximum Gasteiger partial charge on any atom is 0.240 e. The van der Waals surface area contributed by atoms with Gasteiger partial charge in [-0.05, 0) is 31.5 Å². The van der Waals surface area contributed by atoms with Crippen LogP contribution in [0.3, 0.4) is 0 Å². The predicted molar refractivity (Wildman–Crippen MR) is 68.8 cm³/mol. The first kappa shape index (κ1) is 11.9.